The number of ketones is 1. The van der Waals surface area contributed by atoms with E-state index in [-0.39, 0.29) is 5.56 Å². The van der Waals surface area contributed by atoms with Crippen LogP contribution in [0.1, 0.15) is 35.2 Å². The number of hydrogen-bond donors (Lipinski definition) is 0. The van der Waals surface area contributed by atoms with Crippen LogP contribution in [-0.4, -0.2) is 5.78 Å². The number of Topliss-reactive ketones (excluding diaryl/α,β-unsaturated/α-hetero) is 1. The fraction of sp³-hybridized carbons (Fsp3) is 0.333. The molecule has 0 saturated carbocycles. The van der Waals surface area contributed by atoms with E-state index in [1.54, 1.807) is 0 Å². The van der Waals surface area contributed by atoms with E-state index in [2.05, 4.69) is 5.92 Å². The Hall–Kier alpha value is -2.27. The molecule has 20 heavy (non-hydrogen) atoms. The molecule has 0 radical (unpaired) electrons. The lowest BCUT2D eigenvalue weighted by Crippen LogP contribution is -2.13. The number of rotatable bonds is 5. The molecule has 0 aliphatic heterocycles. The van der Waals surface area contributed by atoms with Gasteiger partial charge >= 0.3 is 6.18 Å². The predicted octanol–water partition coefficient (Wildman–Crippen LogP) is 3.83. The molecule has 1 unspecified atom stereocenters. The number of terminal acetylenes is 1. The van der Waals surface area contributed by atoms with Crippen molar-refractivity contribution in [2.24, 2.45) is 5.92 Å². The van der Waals surface area contributed by atoms with Gasteiger partial charge in [-0.3, -0.25) is 4.79 Å². The fourth-order valence-electron chi connectivity index (χ4n) is 1.69. The Bertz CT molecular complexity index is 546. The van der Waals surface area contributed by atoms with Crippen LogP contribution in [0.15, 0.2) is 24.3 Å². The highest BCUT2D eigenvalue weighted by Crippen LogP contribution is 2.29. The molecule has 1 aromatic carbocycles. The molecule has 2 nitrogen and oxygen atoms in total. The number of carbonyl (C=O) groups excluding carboxylic acids is 1. The second-order valence-electron chi connectivity index (χ2n) is 4.22. The molecule has 0 N–H and O–H groups in total. The van der Waals surface area contributed by atoms with Gasteiger partial charge in [0.2, 0.25) is 0 Å². The Balaban J connectivity index is 2.81. The molecule has 0 bridgehead atoms. The van der Waals surface area contributed by atoms with Crippen molar-refractivity contribution in [1.82, 2.24) is 0 Å². The summed E-state index contributed by atoms with van der Waals surface area (Å²) < 4.78 is 37.2. The Morgan fingerprint density at radius 2 is 1.90 bits per heavy atom. The number of carbonyl (C=O) groups is 1. The average Bonchev–Trinajstić information content (AvgIpc) is 2.42. The van der Waals surface area contributed by atoms with E-state index in [0.29, 0.717) is 19.3 Å². The molecule has 1 atom stereocenters. The Labute approximate surface area is 115 Å². The quantitative estimate of drug-likeness (QED) is 0.467. The molecule has 0 amide bonds. The molecule has 0 saturated heterocycles. The van der Waals surface area contributed by atoms with Gasteiger partial charge in [0.25, 0.3) is 0 Å². The van der Waals surface area contributed by atoms with Gasteiger partial charge in [-0.15, -0.1) is 12.3 Å². The van der Waals surface area contributed by atoms with Crippen LogP contribution in [0.25, 0.3) is 0 Å². The van der Waals surface area contributed by atoms with Gasteiger partial charge < -0.3 is 0 Å². The largest absolute Gasteiger partial charge is 0.416 e. The number of halogens is 3. The highest BCUT2D eigenvalue weighted by atomic mass is 19.4. The zero-order chi connectivity index (χ0) is 15.2. The minimum Gasteiger partial charge on any atom is -0.293 e. The van der Waals surface area contributed by atoms with Crippen LogP contribution in [0.3, 0.4) is 0 Å². The minimum atomic E-state index is -4.44. The van der Waals surface area contributed by atoms with Crippen molar-refractivity contribution < 1.29 is 18.0 Å². The molecule has 5 heteroatoms. The number of unbranched alkanes of at least 4 members (excludes halogenated alkanes) is 1. The molecule has 1 rings (SSSR count). The normalized spacial score (nSPS) is 12.2. The van der Waals surface area contributed by atoms with Crippen molar-refractivity contribution in [3.8, 4) is 18.4 Å². The highest BCUT2D eigenvalue weighted by molar-refractivity contribution is 5.99. The van der Waals surface area contributed by atoms with Crippen LogP contribution in [0.4, 0.5) is 13.2 Å². The van der Waals surface area contributed by atoms with Gasteiger partial charge in [-0.2, -0.15) is 18.4 Å². The third-order valence-corrected chi connectivity index (χ3v) is 2.78. The second kappa shape index (κ2) is 6.77. The van der Waals surface area contributed by atoms with E-state index in [1.165, 1.54) is 0 Å². The molecule has 0 aromatic heterocycles. The lowest BCUT2D eigenvalue weighted by molar-refractivity contribution is -0.137. The first-order chi connectivity index (χ1) is 9.40. The lowest BCUT2D eigenvalue weighted by atomic mass is 9.93. The topological polar surface area (TPSA) is 40.9 Å². The number of alkyl halides is 3. The summed E-state index contributed by atoms with van der Waals surface area (Å²) in [5, 5.41) is 8.94. The van der Waals surface area contributed by atoms with E-state index in [1.807, 2.05) is 6.07 Å². The first kappa shape index (κ1) is 15.8. The van der Waals surface area contributed by atoms with E-state index in [4.69, 9.17) is 11.7 Å². The summed E-state index contributed by atoms with van der Waals surface area (Å²) in [4.78, 5) is 12.0. The number of hydrogen-bond acceptors (Lipinski definition) is 2. The van der Waals surface area contributed by atoms with Gasteiger partial charge in [-0.25, -0.2) is 0 Å². The molecule has 0 aliphatic rings. The maximum atomic E-state index is 12.4. The molecule has 0 spiro atoms. The molecule has 0 heterocycles. The third kappa shape index (κ3) is 4.13. The van der Waals surface area contributed by atoms with Crippen molar-refractivity contribution in [2.45, 2.75) is 25.4 Å². The molecule has 0 fully saturated rings. The maximum Gasteiger partial charge on any atom is 0.416 e. The maximum absolute atomic E-state index is 12.4. The van der Waals surface area contributed by atoms with Gasteiger partial charge in [0.15, 0.2) is 5.78 Å². The Kier molecular flexibility index (Phi) is 5.34. The average molecular weight is 279 g/mol. The zero-order valence-electron chi connectivity index (χ0n) is 10.6. The van der Waals surface area contributed by atoms with Gasteiger partial charge in [0, 0.05) is 12.0 Å². The van der Waals surface area contributed by atoms with Gasteiger partial charge in [0.1, 0.15) is 5.92 Å². The summed E-state index contributed by atoms with van der Waals surface area (Å²) in [7, 11) is 0. The summed E-state index contributed by atoms with van der Waals surface area (Å²) in [5.74, 6) is 1.06. The van der Waals surface area contributed by atoms with Crippen molar-refractivity contribution in [3.05, 3.63) is 35.4 Å². The predicted molar refractivity (Wildman–Crippen MR) is 67.6 cm³/mol. The van der Waals surface area contributed by atoms with E-state index in [9.17, 15) is 18.0 Å². The van der Waals surface area contributed by atoms with Crippen molar-refractivity contribution in [1.29, 1.82) is 5.26 Å². The fourth-order valence-corrected chi connectivity index (χ4v) is 1.69. The van der Waals surface area contributed by atoms with Crippen LogP contribution >= 0.6 is 0 Å². The van der Waals surface area contributed by atoms with Crippen LogP contribution in [0, 0.1) is 29.6 Å². The summed E-state index contributed by atoms with van der Waals surface area (Å²) in [6, 6.07) is 5.72. The second-order valence-corrected chi connectivity index (χ2v) is 4.22. The lowest BCUT2D eigenvalue weighted by Gasteiger charge is -2.09. The Morgan fingerprint density at radius 3 is 2.35 bits per heavy atom. The smallest absolute Gasteiger partial charge is 0.293 e. The summed E-state index contributed by atoms with van der Waals surface area (Å²) in [6.45, 7) is 0. The van der Waals surface area contributed by atoms with E-state index >= 15 is 0 Å². The van der Waals surface area contributed by atoms with Crippen LogP contribution < -0.4 is 0 Å². The van der Waals surface area contributed by atoms with Crippen LogP contribution in [-0.2, 0) is 6.18 Å². The molecular weight excluding hydrogens is 267 g/mol. The molecule has 1 aromatic rings. The first-order valence-electron chi connectivity index (χ1n) is 5.94. The minimum absolute atomic E-state index is 0.102. The number of nitriles is 1. The van der Waals surface area contributed by atoms with Gasteiger partial charge in [-0.05, 0) is 25.0 Å². The SMILES string of the molecule is C#CCCCC(C#N)C(=O)c1ccc(C(F)(F)F)cc1. The first-order valence-corrected chi connectivity index (χ1v) is 5.94. The monoisotopic (exact) mass is 279 g/mol. The van der Waals surface area contributed by atoms with E-state index in [0.717, 1.165) is 24.3 Å². The van der Waals surface area contributed by atoms with Crippen molar-refractivity contribution in [2.75, 3.05) is 0 Å². The van der Waals surface area contributed by atoms with Crippen LogP contribution in [0.2, 0.25) is 0 Å². The molecule has 104 valence electrons. The van der Waals surface area contributed by atoms with E-state index < -0.39 is 23.4 Å². The summed E-state index contributed by atoms with van der Waals surface area (Å²) in [6.07, 6.45) is 1.93. The molecule has 0 aliphatic carbocycles. The van der Waals surface area contributed by atoms with Crippen molar-refractivity contribution in [3.63, 3.8) is 0 Å². The third-order valence-electron chi connectivity index (χ3n) is 2.78. The standard InChI is InChI=1S/C15H12F3NO/c1-2-3-4-5-12(10-19)14(20)11-6-8-13(9-7-11)15(16,17)18/h1,6-9,12H,3-5H2. The summed E-state index contributed by atoms with van der Waals surface area (Å²) >= 11 is 0. The zero-order valence-corrected chi connectivity index (χ0v) is 10.6. The Morgan fingerprint density at radius 1 is 1.30 bits per heavy atom. The van der Waals surface area contributed by atoms with Crippen molar-refractivity contribution >= 4 is 5.78 Å². The van der Waals surface area contributed by atoms with Gasteiger partial charge in [-0.1, -0.05) is 12.1 Å². The number of nitrogens with zero attached hydrogens (tertiary/aromatic N) is 1. The van der Waals surface area contributed by atoms with Crippen LogP contribution in [0.5, 0.6) is 0 Å². The highest BCUT2D eigenvalue weighted by Gasteiger charge is 2.30. The van der Waals surface area contributed by atoms with Gasteiger partial charge in [0.05, 0.1) is 11.6 Å². The summed E-state index contributed by atoms with van der Waals surface area (Å²) in [5.41, 5.74) is -0.722. The molecular formula is C15H12F3NO. The number of benzene rings is 1.